The molecule has 2 aromatic heterocycles. The Balaban J connectivity index is 1.44. The number of fused-ring (bicyclic) bond motifs is 1. The van der Waals surface area contributed by atoms with Crippen LogP contribution in [0.15, 0.2) is 66.2 Å². The summed E-state index contributed by atoms with van der Waals surface area (Å²) in [6.07, 6.45) is 2.16. The summed E-state index contributed by atoms with van der Waals surface area (Å²) in [5.41, 5.74) is 3.74. The summed E-state index contributed by atoms with van der Waals surface area (Å²) in [5.74, 6) is -0.511. The van der Waals surface area contributed by atoms with Gasteiger partial charge in [-0.3, -0.25) is 9.59 Å². The number of aromatic amines is 1. The van der Waals surface area contributed by atoms with Crippen molar-refractivity contribution in [3.05, 3.63) is 71.7 Å². The van der Waals surface area contributed by atoms with Crippen molar-refractivity contribution in [2.45, 2.75) is 26.3 Å². The van der Waals surface area contributed by atoms with E-state index in [2.05, 4.69) is 20.6 Å². The highest BCUT2D eigenvalue weighted by Gasteiger charge is 2.25. The van der Waals surface area contributed by atoms with Gasteiger partial charge in [0.1, 0.15) is 6.04 Å². The number of benzene rings is 2. The van der Waals surface area contributed by atoms with E-state index in [9.17, 15) is 9.59 Å². The SMILES string of the molecule is CC(C)[C@@H](NC(=O)Cc1ccccc1)C(=O)Nc1nc(-c2c[nH]c3ccccc23)cs1. The standard InChI is InChI=1S/C24H24N4O2S/c1-15(2)22(27-21(29)12-16-8-4-3-5-9-16)23(30)28-24-26-20(14-31-24)18-13-25-19-11-7-6-10-17(18)19/h3-11,13-15,22,25H,12H2,1-2H3,(H,27,29)(H,26,28,30)/t22-/m1/s1. The van der Waals surface area contributed by atoms with E-state index in [4.69, 9.17) is 0 Å². The van der Waals surface area contributed by atoms with E-state index < -0.39 is 6.04 Å². The molecule has 3 N–H and O–H groups in total. The summed E-state index contributed by atoms with van der Waals surface area (Å²) >= 11 is 1.37. The number of nitrogens with zero attached hydrogens (tertiary/aromatic N) is 1. The maximum Gasteiger partial charge on any atom is 0.248 e. The molecule has 0 aliphatic rings. The smallest absolute Gasteiger partial charge is 0.248 e. The number of hydrogen-bond acceptors (Lipinski definition) is 4. The van der Waals surface area contributed by atoms with Gasteiger partial charge in [-0.05, 0) is 17.5 Å². The number of carbonyl (C=O) groups excluding carboxylic acids is 2. The Hall–Kier alpha value is -3.45. The van der Waals surface area contributed by atoms with Crippen molar-refractivity contribution >= 4 is 39.2 Å². The molecule has 2 heterocycles. The summed E-state index contributed by atoms with van der Waals surface area (Å²) in [5, 5.41) is 9.24. The summed E-state index contributed by atoms with van der Waals surface area (Å²) < 4.78 is 0. The minimum absolute atomic E-state index is 0.0622. The van der Waals surface area contributed by atoms with Gasteiger partial charge in [-0.15, -0.1) is 11.3 Å². The van der Waals surface area contributed by atoms with Crippen molar-refractivity contribution in [3.8, 4) is 11.3 Å². The van der Waals surface area contributed by atoms with Gasteiger partial charge in [-0.1, -0.05) is 62.4 Å². The molecule has 31 heavy (non-hydrogen) atoms. The van der Waals surface area contributed by atoms with Crippen LogP contribution in [0.1, 0.15) is 19.4 Å². The van der Waals surface area contributed by atoms with E-state index in [0.717, 1.165) is 27.7 Å². The van der Waals surface area contributed by atoms with Crippen LogP contribution < -0.4 is 10.6 Å². The first-order valence-corrected chi connectivity index (χ1v) is 11.1. The molecule has 0 radical (unpaired) electrons. The Morgan fingerprint density at radius 2 is 1.81 bits per heavy atom. The molecule has 2 aromatic carbocycles. The molecular formula is C24H24N4O2S. The number of aromatic nitrogens is 2. The molecule has 4 aromatic rings. The zero-order valence-corrected chi connectivity index (χ0v) is 18.2. The first-order valence-electron chi connectivity index (χ1n) is 10.2. The molecule has 0 spiro atoms. The molecular weight excluding hydrogens is 408 g/mol. The number of nitrogens with one attached hydrogen (secondary N) is 3. The second-order valence-corrected chi connectivity index (χ2v) is 8.58. The average Bonchev–Trinajstić information content (AvgIpc) is 3.39. The number of thiazole rings is 1. The van der Waals surface area contributed by atoms with Gasteiger partial charge in [-0.25, -0.2) is 4.98 Å². The lowest BCUT2D eigenvalue weighted by Crippen LogP contribution is -2.47. The third-order valence-electron chi connectivity index (χ3n) is 5.07. The highest BCUT2D eigenvalue weighted by molar-refractivity contribution is 7.14. The van der Waals surface area contributed by atoms with Crippen molar-refractivity contribution in [2.75, 3.05) is 5.32 Å². The Morgan fingerprint density at radius 3 is 2.58 bits per heavy atom. The summed E-state index contributed by atoms with van der Waals surface area (Å²) in [4.78, 5) is 33.2. The lowest BCUT2D eigenvalue weighted by Gasteiger charge is -2.21. The van der Waals surface area contributed by atoms with Gasteiger partial charge in [-0.2, -0.15) is 0 Å². The average molecular weight is 433 g/mol. The molecule has 0 saturated heterocycles. The fourth-order valence-corrected chi connectivity index (χ4v) is 4.18. The molecule has 0 bridgehead atoms. The monoisotopic (exact) mass is 432 g/mol. The van der Waals surface area contributed by atoms with Crippen LogP contribution in [0.4, 0.5) is 5.13 Å². The van der Waals surface area contributed by atoms with Gasteiger partial charge < -0.3 is 15.6 Å². The van der Waals surface area contributed by atoms with Gasteiger partial charge in [0.15, 0.2) is 5.13 Å². The molecule has 1 atom stereocenters. The first-order chi connectivity index (χ1) is 15.0. The Bertz CT molecular complexity index is 1200. The fourth-order valence-electron chi connectivity index (χ4n) is 3.46. The molecule has 158 valence electrons. The molecule has 0 aliphatic heterocycles. The van der Waals surface area contributed by atoms with E-state index in [0.29, 0.717) is 5.13 Å². The van der Waals surface area contributed by atoms with Gasteiger partial charge in [0.05, 0.1) is 12.1 Å². The molecule has 7 heteroatoms. The zero-order valence-electron chi connectivity index (χ0n) is 17.4. The van der Waals surface area contributed by atoms with E-state index >= 15 is 0 Å². The predicted molar refractivity (Wildman–Crippen MR) is 125 cm³/mol. The lowest BCUT2D eigenvalue weighted by atomic mass is 10.0. The van der Waals surface area contributed by atoms with Crippen molar-refractivity contribution in [1.29, 1.82) is 0 Å². The first kappa shape index (κ1) is 20.8. The Morgan fingerprint density at radius 1 is 1.06 bits per heavy atom. The number of para-hydroxylation sites is 1. The van der Waals surface area contributed by atoms with Crippen LogP contribution in [0.3, 0.4) is 0 Å². The molecule has 6 nitrogen and oxygen atoms in total. The van der Waals surface area contributed by atoms with Crippen molar-refractivity contribution in [3.63, 3.8) is 0 Å². The zero-order chi connectivity index (χ0) is 21.8. The molecule has 4 rings (SSSR count). The third kappa shape index (κ3) is 4.83. The van der Waals surface area contributed by atoms with Gasteiger partial charge >= 0.3 is 0 Å². The maximum absolute atomic E-state index is 12.9. The number of hydrogen-bond donors (Lipinski definition) is 3. The van der Waals surface area contributed by atoms with Crippen LogP contribution in [0.5, 0.6) is 0 Å². The highest BCUT2D eigenvalue weighted by Crippen LogP contribution is 2.31. The second-order valence-electron chi connectivity index (χ2n) is 7.73. The van der Waals surface area contributed by atoms with Gasteiger partial charge in [0.25, 0.3) is 0 Å². The number of amides is 2. The van der Waals surface area contributed by atoms with Crippen molar-refractivity contribution in [2.24, 2.45) is 5.92 Å². The van der Waals surface area contributed by atoms with Crippen molar-refractivity contribution in [1.82, 2.24) is 15.3 Å². The summed E-state index contributed by atoms with van der Waals surface area (Å²) in [6, 6.07) is 16.9. The highest BCUT2D eigenvalue weighted by atomic mass is 32.1. The minimum Gasteiger partial charge on any atom is -0.360 e. The molecule has 2 amide bonds. The topological polar surface area (TPSA) is 86.9 Å². The lowest BCUT2D eigenvalue weighted by molar-refractivity contribution is -0.127. The molecule has 0 aliphatic carbocycles. The summed E-state index contributed by atoms with van der Waals surface area (Å²) in [6.45, 7) is 3.82. The van der Waals surface area contributed by atoms with E-state index in [1.165, 1.54) is 11.3 Å². The van der Waals surface area contributed by atoms with Crippen LogP contribution in [-0.2, 0) is 16.0 Å². The Kier molecular flexibility index (Phi) is 6.13. The molecule has 0 fully saturated rings. The van der Waals surface area contributed by atoms with Crippen LogP contribution in [0.2, 0.25) is 0 Å². The van der Waals surface area contributed by atoms with E-state index in [-0.39, 0.29) is 24.2 Å². The number of H-pyrrole nitrogens is 1. The number of anilines is 1. The van der Waals surface area contributed by atoms with Crippen molar-refractivity contribution < 1.29 is 9.59 Å². The van der Waals surface area contributed by atoms with E-state index in [1.54, 1.807) is 0 Å². The largest absolute Gasteiger partial charge is 0.360 e. The Labute approximate surface area is 184 Å². The van der Waals surface area contributed by atoms with Crippen LogP contribution >= 0.6 is 11.3 Å². The molecule has 0 unspecified atom stereocenters. The fraction of sp³-hybridized carbons (Fsp3) is 0.208. The number of rotatable bonds is 7. The number of carbonyl (C=O) groups is 2. The van der Waals surface area contributed by atoms with Crippen LogP contribution in [-0.4, -0.2) is 27.8 Å². The van der Waals surface area contributed by atoms with Gasteiger partial charge in [0.2, 0.25) is 11.8 Å². The minimum atomic E-state index is -0.642. The summed E-state index contributed by atoms with van der Waals surface area (Å²) in [7, 11) is 0. The van der Waals surface area contributed by atoms with Crippen LogP contribution in [0, 0.1) is 5.92 Å². The van der Waals surface area contributed by atoms with Gasteiger partial charge in [0, 0.05) is 28.0 Å². The second kappa shape index (κ2) is 9.14. The maximum atomic E-state index is 12.9. The quantitative estimate of drug-likeness (QED) is 0.398. The third-order valence-corrected chi connectivity index (χ3v) is 5.83. The predicted octanol–water partition coefficient (Wildman–Crippen LogP) is 4.61. The van der Waals surface area contributed by atoms with Crippen LogP contribution in [0.25, 0.3) is 22.2 Å². The molecule has 0 saturated carbocycles. The normalized spacial score (nSPS) is 12.1. The van der Waals surface area contributed by atoms with E-state index in [1.807, 2.05) is 80.0 Å².